The number of nitrogens with zero attached hydrogens (tertiary/aromatic N) is 1. The van der Waals surface area contributed by atoms with Gasteiger partial charge in [-0.3, -0.25) is 4.79 Å². The van der Waals surface area contributed by atoms with E-state index in [0.29, 0.717) is 11.1 Å². The van der Waals surface area contributed by atoms with Crippen molar-refractivity contribution in [2.75, 3.05) is 6.61 Å². The van der Waals surface area contributed by atoms with Crippen LogP contribution in [0.5, 0.6) is 0 Å². The largest absolute Gasteiger partial charge is 0.465 e. The van der Waals surface area contributed by atoms with E-state index in [2.05, 4.69) is 6.07 Å². The first-order chi connectivity index (χ1) is 16.2. The fraction of sp³-hybridized carbons (Fsp3) is 0.133. The van der Waals surface area contributed by atoms with Crippen LogP contribution in [0.4, 0.5) is 0 Å². The van der Waals surface area contributed by atoms with Crippen molar-refractivity contribution in [2.45, 2.75) is 17.8 Å². The summed E-state index contributed by atoms with van der Waals surface area (Å²) in [6, 6.07) is 40.7. The van der Waals surface area contributed by atoms with Crippen LogP contribution in [0.2, 0.25) is 0 Å². The van der Waals surface area contributed by atoms with Gasteiger partial charge in [-0.15, -0.1) is 0 Å². The number of ether oxygens (including phenoxy) is 1. The third-order valence-electron chi connectivity index (χ3n) is 6.14. The average molecular weight is 432 g/mol. The second-order valence-electron chi connectivity index (χ2n) is 7.80. The molecule has 0 aliphatic carbocycles. The van der Waals surface area contributed by atoms with Gasteiger partial charge in [-0.1, -0.05) is 121 Å². The number of carbonyl (C=O) groups is 1. The first-order valence-corrected chi connectivity index (χ1v) is 11.0. The summed E-state index contributed by atoms with van der Waals surface area (Å²) >= 11 is 0. The Morgan fingerprint density at radius 3 is 1.30 bits per heavy atom. The van der Waals surface area contributed by atoms with Gasteiger partial charge in [0.25, 0.3) is 0 Å². The lowest BCUT2D eigenvalue weighted by molar-refractivity contribution is -0.150. The summed E-state index contributed by atoms with van der Waals surface area (Å²) in [6.07, 6.45) is 0. The van der Waals surface area contributed by atoms with E-state index in [9.17, 15) is 10.1 Å². The van der Waals surface area contributed by atoms with E-state index in [0.717, 1.165) is 11.1 Å². The Morgan fingerprint density at radius 1 is 0.667 bits per heavy atom. The molecule has 0 bridgehead atoms. The van der Waals surface area contributed by atoms with E-state index < -0.39 is 16.8 Å². The number of carbonyl (C=O) groups excluding carboxylic acids is 1. The van der Waals surface area contributed by atoms with Crippen LogP contribution in [0.25, 0.3) is 0 Å². The molecule has 4 rings (SSSR count). The lowest BCUT2D eigenvalue weighted by Crippen LogP contribution is -2.56. The molecule has 0 aliphatic rings. The minimum absolute atomic E-state index is 0.200. The maximum Gasteiger partial charge on any atom is 0.323 e. The molecule has 4 aromatic rings. The molecule has 162 valence electrons. The maximum atomic E-state index is 14.2. The van der Waals surface area contributed by atoms with Crippen LogP contribution in [0, 0.1) is 11.3 Å². The van der Waals surface area contributed by atoms with Gasteiger partial charge in [-0.25, -0.2) is 0 Å². The zero-order valence-corrected chi connectivity index (χ0v) is 18.5. The van der Waals surface area contributed by atoms with Crippen molar-refractivity contribution in [3.8, 4) is 6.07 Å². The topological polar surface area (TPSA) is 50.1 Å². The molecule has 0 N–H and O–H groups in total. The minimum atomic E-state index is -1.46. The maximum absolute atomic E-state index is 14.2. The van der Waals surface area contributed by atoms with Crippen LogP contribution in [0.3, 0.4) is 0 Å². The van der Waals surface area contributed by atoms with Crippen LogP contribution >= 0.6 is 0 Å². The summed E-state index contributed by atoms with van der Waals surface area (Å²) < 4.78 is 5.78. The molecule has 0 radical (unpaired) electrons. The van der Waals surface area contributed by atoms with E-state index >= 15 is 0 Å². The molecule has 33 heavy (non-hydrogen) atoms. The lowest BCUT2D eigenvalue weighted by Gasteiger charge is -2.46. The second kappa shape index (κ2) is 9.54. The van der Waals surface area contributed by atoms with E-state index in [1.165, 1.54) is 0 Å². The van der Waals surface area contributed by atoms with Gasteiger partial charge in [-0.2, -0.15) is 5.26 Å². The van der Waals surface area contributed by atoms with Gasteiger partial charge in [-0.05, 0) is 29.2 Å². The molecule has 4 aromatic carbocycles. The normalized spacial score (nSPS) is 11.4. The number of esters is 1. The molecule has 0 heterocycles. The summed E-state index contributed by atoms with van der Waals surface area (Å²) in [5.74, 6) is -0.461. The van der Waals surface area contributed by atoms with Crippen LogP contribution in [-0.4, -0.2) is 12.6 Å². The molecular weight excluding hydrogens is 406 g/mol. The van der Waals surface area contributed by atoms with E-state index in [-0.39, 0.29) is 6.61 Å². The monoisotopic (exact) mass is 431 g/mol. The summed E-state index contributed by atoms with van der Waals surface area (Å²) in [4.78, 5) is 14.2. The third kappa shape index (κ3) is 3.50. The zero-order chi connectivity index (χ0) is 23.2. The number of hydrogen-bond acceptors (Lipinski definition) is 3. The van der Waals surface area contributed by atoms with Crippen molar-refractivity contribution in [3.05, 3.63) is 144 Å². The fourth-order valence-corrected chi connectivity index (χ4v) is 4.79. The van der Waals surface area contributed by atoms with Crippen molar-refractivity contribution >= 4 is 5.97 Å². The third-order valence-corrected chi connectivity index (χ3v) is 6.14. The Labute approximate surface area is 194 Å². The van der Waals surface area contributed by atoms with Crippen molar-refractivity contribution in [3.63, 3.8) is 0 Å². The highest BCUT2D eigenvalue weighted by Crippen LogP contribution is 2.53. The van der Waals surface area contributed by atoms with Gasteiger partial charge in [0, 0.05) is 0 Å². The van der Waals surface area contributed by atoms with Crippen LogP contribution < -0.4 is 0 Å². The highest BCUT2D eigenvalue weighted by Gasteiger charge is 2.62. The Kier molecular flexibility index (Phi) is 6.38. The van der Waals surface area contributed by atoms with Gasteiger partial charge in [0.05, 0.1) is 12.7 Å². The van der Waals surface area contributed by atoms with Crippen molar-refractivity contribution in [2.24, 2.45) is 0 Å². The summed E-state index contributed by atoms with van der Waals surface area (Å²) in [7, 11) is 0. The summed E-state index contributed by atoms with van der Waals surface area (Å²) in [5.41, 5.74) is -0.0141. The lowest BCUT2D eigenvalue weighted by atomic mass is 9.52. The van der Waals surface area contributed by atoms with Gasteiger partial charge in [0.2, 0.25) is 0 Å². The van der Waals surface area contributed by atoms with Gasteiger partial charge < -0.3 is 4.74 Å². The zero-order valence-electron chi connectivity index (χ0n) is 18.5. The second-order valence-corrected chi connectivity index (χ2v) is 7.80. The predicted octanol–water partition coefficient (Wildman–Crippen LogP) is 6.05. The van der Waals surface area contributed by atoms with Crippen molar-refractivity contribution in [1.82, 2.24) is 0 Å². The molecule has 0 spiro atoms. The molecule has 0 unspecified atom stereocenters. The van der Waals surface area contributed by atoms with Crippen molar-refractivity contribution < 1.29 is 9.53 Å². The van der Waals surface area contributed by atoms with Gasteiger partial charge >= 0.3 is 5.97 Å². The SMILES string of the molecule is CCOC(=O)C(c1ccccc1)(c1ccccc1)C(C#N)(c1ccccc1)c1ccccc1. The Balaban J connectivity index is 2.26. The summed E-state index contributed by atoms with van der Waals surface area (Å²) in [6.45, 7) is 1.99. The number of rotatable bonds is 7. The standard InChI is InChI=1S/C30H25NO2/c1-2-33-28(32)30(26-19-11-5-12-20-26,27-21-13-6-14-22-27)29(23-31,24-15-7-3-8-16-24)25-17-9-4-10-18-25/h3-22H,2H2,1H3. The van der Waals surface area contributed by atoms with Crippen LogP contribution in [0.15, 0.2) is 121 Å². The van der Waals surface area contributed by atoms with Crippen LogP contribution in [-0.2, 0) is 20.4 Å². The molecule has 3 nitrogen and oxygen atoms in total. The predicted molar refractivity (Wildman–Crippen MR) is 130 cm³/mol. The highest BCUT2D eigenvalue weighted by molar-refractivity contribution is 5.93. The van der Waals surface area contributed by atoms with Crippen molar-refractivity contribution in [1.29, 1.82) is 5.26 Å². The summed E-state index contributed by atoms with van der Waals surface area (Å²) in [5, 5.41) is 11.1. The molecule has 0 atom stereocenters. The Bertz CT molecular complexity index is 1150. The quantitative estimate of drug-likeness (QED) is 0.335. The number of hydrogen-bond donors (Lipinski definition) is 0. The molecule has 0 saturated heterocycles. The van der Waals surface area contributed by atoms with E-state index in [4.69, 9.17) is 4.74 Å². The molecule has 0 aromatic heterocycles. The van der Waals surface area contributed by atoms with E-state index in [1.54, 1.807) is 6.92 Å². The molecular formula is C30H25NO2. The highest BCUT2D eigenvalue weighted by atomic mass is 16.5. The molecule has 0 saturated carbocycles. The number of nitriles is 1. The molecule has 0 fully saturated rings. The van der Waals surface area contributed by atoms with Crippen LogP contribution in [0.1, 0.15) is 29.2 Å². The average Bonchev–Trinajstić information content (AvgIpc) is 2.89. The fourth-order valence-electron chi connectivity index (χ4n) is 4.79. The first kappa shape index (κ1) is 22.0. The smallest absolute Gasteiger partial charge is 0.323 e. The van der Waals surface area contributed by atoms with Gasteiger partial charge in [0.15, 0.2) is 0 Å². The van der Waals surface area contributed by atoms with Gasteiger partial charge in [0.1, 0.15) is 10.8 Å². The Hall–Kier alpha value is -4.16. The number of benzene rings is 4. The Morgan fingerprint density at radius 2 is 1.00 bits per heavy atom. The van der Waals surface area contributed by atoms with E-state index in [1.807, 2.05) is 121 Å². The minimum Gasteiger partial charge on any atom is -0.465 e. The molecule has 3 heteroatoms. The molecule has 0 aliphatic heterocycles. The first-order valence-electron chi connectivity index (χ1n) is 11.0. The molecule has 0 amide bonds.